The topological polar surface area (TPSA) is 27.3 Å². The summed E-state index contributed by atoms with van der Waals surface area (Å²) in [6, 6.07) is 11.0. The zero-order valence-corrected chi connectivity index (χ0v) is 20.7. The zero-order chi connectivity index (χ0) is 22.1. The summed E-state index contributed by atoms with van der Waals surface area (Å²) in [5, 5.41) is 9.78. The van der Waals surface area contributed by atoms with Gasteiger partial charge in [0.25, 0.3) is 0 Å². The number of thiocarbonyl (C=S) groups is 1. The van der Waals surface area contributed by atoms with Crippen molar-refractivity contribution in [3.8, 4) is 0 Å². The SMILES string of the molecule is CCCN1CC2=C(NC(=S)NC2c2ccc(Cl)cc2Cl)/C(=C/c2ccc(Cl)cc2Cl)C1. The highest BCUT2D eigenvalue weighted by atomic mass is 35.5. The van der Waals surface area contributed by atoms with Gasteiger partial charge in [-0.05, 0) is 77.8 Å². The third-order valence-corrected chi connectivity index (χ3v) is 6.74. The molecule has 2 aromatic carbocycles. The van der Waals surface area contributed by atoms with Crippen molar-refractivity contribution in [1.82, 2.24) is 15.5 Å². The fourth-order valence-electron chi connectivity index (χ4n) is 4.07. The Kier molecular flexibility index (Phi) is 7.17. The summed E-state index contributed by atoms with van der Waals surface area (Å²) in [7, 11) is 0. The molecule has 0 saturated carbocycles. The summed E-state index contributed by atoms with van der Waals surface area (Å²) >= 11 is 30.8. The molecule has 2 aliphatic heterocycles. The van der Waals surface area contributed by atoms with Gasteiger partial charge in [0, 0.05) is 38.9 Å². The lowest BCUT2D eigenvalue weighted by Gasteiger charge is -2.40. The van der Waals surface area contributed by atoms with Crippen molar-refractivity contribution in [3.05, 3.63) is 84.5 Å². The minimum Gasteiger partial charge on any atom is -0.352 e. The van der Waals surface area contributed by atoms with Crippen LogP contribution in [0.5, 0.6) is 0 Å². The van der Waals surface area contributed by atoms with Gasteiger partial charge in [0.1, 0.15) is 0 Å². The molecule has 162 valence electrons. The van der Waals surface area contributed by atoms with Crippen molar-refractivity contribution in [2.45, 2.75) is 19.4 Å². The number of hydrogen-bond acceptors (Lipinski definition) is 2. The van der Waals surface area contributed by atoms with E-state index < -0.39 is 0 Å². The van der Waals surface area contributed by atoms with Crippen LogP contribution in [-0.4, -0.2) is 29.6 Å². The number of nitrogens with zero attached hydrogens (tertiary/aromatic N) is 1. The molecule has 0 spiro atoms. The zero-order valence-electron chi connectivity index (χ0n) is 16.8. The van der Waals surface area contributed by atoms with E-state index in [1.807, 2.05) is 24.3 Å². The van der Waals surface area contributed by atoms with Crippen molar-refractivity contribution in [1.29, 1.82) is 0 Å². The van der Waals surface area contributed by atoms with E-state index >= 15 is 0 Å². The first-order valence-corrected chi connectivity index (χ1v) is 11.9. The molecule has 0 saturated heterocycles. The third kappa shape index (κ3) is 5.05. The van der Waals surface area contributed by atoms with Crippen molar-refractivity contribution in [3.63, 3.8) is 0 Å². The second-order valence-corrected chi connectivity index (χ2v) is 9.74. The average molecular weight is 513 g/mol. The molecule has 0 aromatic heterocycles. The summed E-state index contributed by atoms with van der Waals surface area (Å²) in [5.41, 5.74) is 5.20. The van der Waals surface area contributed by atoms with E-state index in [2.05, 4.69) is 28.5 Å². The van der Waals surface area contributed by atoms with Crippen LogP contribution in [0.15, 0.2) is 53.2 Å². The minimum absolute atomic E-state index is 0.141. The van der Waals surface area contributed by atoms with E-state index in [4.69, 9.17) is 58.6 Å². The smallest absolute Gasteiger partial charge is 0.171 e. The van der Waals surface area contributed by atoms with Gasteiger partial charge in [0.15, 0.2) is 5.11 Å². The van der Waals surface area contributed by atoms with Gasteiger partial charge in [0.05, 0.1) is 6.04 Å². The van der Waals surface area contributed by atoms with Gasteiger partial charge in [0.2, 0.25) is 0 Å². The molecular formula is C23H21Cl4N3S. The average Bonchev–Trinajstić information content (AvgIpc) is 2.70. The molecule has 0 amide bonds. The molecule has 8 heteroatoms. The summed E-state index contributed by atoms with van der Waals surface area (Å²) in [6.45, 7) is 4.76. The second-order valence-electron chi connectivity index (χ2n) is 7.64. The number of hydrogen-bond donors (Lipinski definition) is 2. The molecule has 1 atom stereocenters. The summed E-state index contributed by atoms with van der Waals surface area (Å²) in [6.07, 6.45) is 3.17. The Labute approximate surface area is 208 Å². The maximum absolute atomic E-state index is 6.57. The van der Waals surface area contributed by atoms with E-state index in [0.29, 0.717) is 25.2 Å². The van der Waals surface area contributed by atoms with Gasteiger partial charge in [-0.3, -0.25) is 4.90 Å². The van der Waals surface area contributed by atoms with Crippen LogP contribution in [0.1, 0.15) is 30.5 Å². The van der Waals surface area contributed by atoms with E-state index in [-0.39, 0.29) is 6.04 Å². The molecular weight excluding hydrogens is 492 g/mol. The lowest BCUT2D eigenvalue weighted by molar-refractivity contribution is 0.301. The molecule has 3 nitrogen and oxygen atoms in total. The summed E-state index contributed by atoms with van der Waals surface area (Å²) in [4.78, 5) is 2.42. The molecule has 2 aromatic rings. The molecule has 2 heterocycles. The van der Waals surface area contributed by atoms with E-state index in [1.54, 1.807) is 12.1 Å². The third-order valence-electron chi connectivity index (χ3n) is 5.40. The highest BCUT2D eigenvalue weighted by Gasteiger charge is 2.34. The monoisotopic (exact) mass is 511 g/mol. The Balaban J connectivity index is 1.84. The molecule has 0 radical (unpaired) electrons. The highest BCUT2D eigenvalue weighted by Crippen LogP contribution is 2.38. The Hall–Kier alpha value is -1.27. The van der Waals surface area contributed by atoms with Crippen molar-refractivity contribution in [2.24, 2.45) is 0 Å². The molecule has 1 unspecified atom stereocenters. The normalized spacial score (nSPS) is 20.5. The standard InChI is InChI=1S/C23H21Cl4N3S/c1-2-7-30-11-14(8-13-3-4-15(24)9-19(13)26)21-18(12-30)22(29-23(31)28-21)17-6-5-16(25)10-20(17)27/h3-6,8-10,22H,2,7,11-12H2,1H3,(H2,28,29,31)/b14-8+. The fraction of sp³-hybridized carbons (Fsp3) is 0.261. The summed E-state index contributed by atoms with van der Waals surface area (Å²) in [5.74, 6) is 0. The van der Waals surface area contributed by atoms with E-state index in [1.165, 1.54) is 5.57 Å². The highest BCUT2D eigenvalue weighted by molar-refractivity contribution is 7.80. The van der Waals surface area contributed by atoms with Gasteiger partial charge >= 0.3 is 0 Å². The summed E-state index contributed by atoms with van der Waals surface area (Å²) < 4.78 is 0. The molecule has 0 aliphatic carbocycles. The molecule has 0 fully saturated rings. The molecule has 4 rings (SSSR count). The maximum Gasteiger partial charge on any atom is 0.171 e. The van der Waals surface area contributed by atoms with E-state index in [9.17, 15) is 0 Å². The Morgan fingerprint density at radius 2 is 1.74 bits per heavy atom. The van der Waals surface area contributed by atoms with Crippen molar-refractivity contribution in [2.75, 3.05) is 19.6 Å². The van der Waals surface area contributed by atoms with Crippen LogP contribution in [-0.2, 0) is 0 Å². The lowest BCUT2D eigenvalue weighted by Crippen LogP contribution is -2.50. The predicted molar refractivity (Wildman–Crippen MR) is 136 cm³/mol. The number of nitrogens with one attached hydrogen (secondary N) is 2. The van der Waals surface area contributed by atoms with Gasteiger partial charge in [-0.2, -0.15) is 0 Å². The van der Waals surface area contributed by atoms with Gasteiger partial charge in [-0.15, -0.1) is 0 Å². The molecule has 2 aliphatic rings. The van der Waals surface area contributed by atoms with Gasteiger partial charge in [-0.25, -0.2) is 0 Å². The molecule has 0 bridgehead atoms. The minimum atomic E-state index is -0.141. The molecule has 2 N–H and O–H groups in total. The van der Waals surface area contributed by atoms with Crippen molar-refractivity contribution < 1.29 is 0 Å². The van der Waals surface area contributed by atoms with Gasteiger partial charge in [-0.1, -0.05) is 65.5 Å². The van der Waals surface area contributed by atoms with Crippen LogP contribution >= 0.6 is 58.6 Å². The van der Waals surface area contributed by atoms with Crippen LogP contribution in [0, 0.1) is 0 Å². The van der Waals surface area contributed by atoms with Crippen LogP contribution in [0.3, 0.4) is 0 Å². The van der Waals surface area contributed by atoms with Crippen LogP contribution in [0.4, 0.5) is 0 Å². The second kappa shape index (κ2) is 9.70. The van der Waals surface area contributed by atoms with Crippen LogP contribution < -0.4 is 10.6 Å². The first-order chi connectivity index (χ1) is 14.9. The largest absolute Gasteiger partial charge is 0.352 e. The quantitative estimate of drug-likeness (QED) is 0.436. The Morgan fingerprint density at radius 3 is 2.42 bits per heavy atom. The van der Waals surface area contributed by atoms with E-state index in [0.717, 1.165) is 48.5 Å². The first-order valence-electron chi connectivity index (χ1n) is 9.99. The Bertz CT molecular complexity index is 1100. The number of benzene rings is 2. The number of halogens is 4. The van der Waals surface area contributed by atoms with Crippen LogP contribution in [0.25, 0.3) is 6.08 Å². The number of rotatable bonds is 4. The van der Waals surface area contributed by atoms with Crippen molar-refractivity contribution >= 4 is 69.8 Å². The molecule has 31 heavy (non-hydrogen) atoms. The van der Waals surface area contributed by atoms with Gasteiger partial charge < -0.3 is 10.6 Å². The lowest BCUT2D eigenvalue weighted by atomic mass is 9.89. The first kappa shape index (κ1) is 22.9. The van der Waals surface area contributed by atoms with Crippen LogP contribution in [0.2, 0.25) is 20.1 Å². The predicted octanol–water partition coefficient (Wildman–Crippen LogP) is 6.88. The Morgan fingerprint density at radius 1 is 1.03 bits per heavy atom. The fourth-order valence-corrected chi connectivity index (χ4v) is 5.27. The maximum atomic E-state index is 6.57.